The van der Waals surface area contributed by atoms with Gasteiger partial charge in [0.1, 0.15) is 20.8 Å². The van der Waals surface area contributed by atoms with Crippen molar-refractivity contribution >= 4 is 57.5 Å². The van der Waals surface area contributed by atoms with Crippen molar-refractivity contribution in [3.05, 3.63) is 65.0 Å². The molecule has 0 aromatic carbocycles. The topological polar surface area (TPSA) is 103 Å². The molecule has 0 aliphatic heterocycles. The van der Waals surface area contributed by atoms with Crippen molar-refractivity contribution in [3.63, 3.8) is 0 Å². The van der Waals surface area contributed by atoms with Gasteiger partial charge < -0.3 is 0 Å². The summed E-state index contributed by atoms with van der Waals surface area (Å²) < 4.78 is 15.9. The van der Waals surface area contributed by atoms with E-state index in [-0.39, 0.29) is 0 Å². The maximum atomic E-state index is 4.06. The number of hydrogen-bond donors (Lipinski definition) is 0. The van der Waals surface area contributed by atoms with Crippen LogP contribution >= 0.6 is 57.5 Å². The van der Waals surface area contributed by atoms with Gasteiger partial charge in [0.25, 0.3) is 0 Å². The lowest BCUT2D eigenvalue weighted by Gasteiger charge is -1.75. The fourth-order valence-electron chi connectivity index (χ4n) is 2.03. The Labute approximate surface area is 228 Å². The van der Waals surface area contributed by atoms with Crippen LogP contribution in [0, 0.1) is 69.2 Å². The summed E-state index contributed by atoms with van der Waals surface area (Å²) in [5, 5.41) is 11.8. The summed E-state index contributed by atoms with van der Waals surface area (Å²) in [5.41, 5.74) is 3.22. The zero-order valence-electron chi connectivity index (χ0n) is 21.8. The summed E-state index contributed by atoms with van der Waals surface area (Å²) in [7, 11) is 0. The molecule has 0 saturated carbocycles. The number of hydrogen-bond acceptors (Lipinski definition) is 13. The maximum Gasteiger partial charge on any atom is 0.139 e. The number of rotatable bonds is 0. The minimum absolute atomic E-state index is 0.877. The molecule has 35 heavy (non-hydrogen) atoms. The predicted molar refractivity (Wildman–Crippen MR) is 151 cm³/mol. The van der Waals surface area contributed by atoms with Crippen LogP contribution in [-0.2, 0) is 0 Å². The molecule has 8 nitrogen and oxygen atoms in total. The van der Waals surface area contributed by atoms with Gasteiger partial charge in [-0.2, -0.15) is 17.5 Å². The van der Waals surface area contributed by atoms with Gasteiger partial charge in [-0.05, 0) is 98.4 Å². The number of aryl methyl sites for hydroxylation is 10. The minimum atomic E-state index is 0.877. The lowest BCUT2D eigenvalue weighted by molar-refractivity contribution is 1.02. The van der Waals surface area contributed by atoms with E-state index < -0.39 is 0 Å². The maximum absolute atomic E-state index is 4.06. The summed E-state index contributed by atoms with van der Waals surface area (Å²) in [6.07, 6.45) is 1.89. The highest BCUT2D eigenvalue weighted by molar-refractivity contribution is 7.11. The highest BCUT2D eigenvalue weighted by atomic mass is 32.1. The summed E-state index contributed by atoms with van der Waals surface area (Å²) >= 11 is 7.62. The molecule has 0 aliphatic carbocycles. The SMILES string of the molecule is Cc1cc(C)sn1.Cc1cnc(C)s1.Cc1nnc(C)s1.Cc1nsc(C)n1.Cc1nsnc1C. The van der Waals surface area contributed by atoms with Crippen LogP contribution in [0.2, 0.25) is 0 Å². The van der Waals surface area contributed by atoms with Gasteiger partial charge in [-0.1, -0.05) is 0 Å². The van der Waals surface area contributed by atoms with Gasteiger partial charge in [0.15, 0.2) is 0 Å². The van der Waals surface area contributed by atoms with Crippen molar-refractivity contribution in [2.45, 2.75) is 69.2 Å². The van der Waals surface area contributed by atoms with Crippen LogP contribution in [0.15, 0.2) is 12.3 Å². The van der Waals surface area contributed by atoms with Crippen molar-refractivity contribution in [3.8, 4) is 0 Å². The average molecular weight is 569 g/mol. The molecule has 0 fully saturated rings. The van der Waals surface area contributed by atoms with Crippen LogP contribution in [0.1, 0.15) is 52.7 Å². The second kappa shape index (κ2) is 16.6. The van der Waals surface area contributed by atoms with Crippen molar-refractivity contribution in [2.24, 2.45) is 0 Å². The van der Waals surface area contributed by atoms with E-state index in [4.69, 9.17) is 0 Å². The van der Waals surface area contributed by atoms with Crippen LogP contribution in [0.5, 0.6) is 0 Å². The van der Waals surface area contributed by atoms with Crippen molar-refractivity contribution in [2.75, 3.05) is 0 Å². The number of thiazole rings is 1. The molecule has 0 bridgehead atoms. The molecular formula is C22H32N8S5. The number of nitrogens with zero attached hydrogens (tertiary/aromatic N) is 8. The van der Waals surface area contributed by atoms with Gasteiger partial charge in [0, 0.05) is 16.0 Å². The van der Waals surface area contributed by atoms with Gasteiger partial charge in [-0.15, -0.1) is 32.9 Å². The molecule has 5 aromatic rings. The zero-order chi connectivity index (χ0) is 26.4. The van der Waals surface area contributed by atoms with Crippen molar-refractivity contribution < 1.29 is 0 Å². The molecule has 0 unspecified atom stereocenters. The second-order valence-corrected chi connectivity index (χ2v) is 12.5. The van der Waals surface area contributed by atoms with Gasteiger partial charge in [0.05, 0.1) is 33.8 Å². The van der Waals surface area contributed by atoms with Gasteiger partial charge in [-0.3, -0.25) is 0 Å². The molecule has 5 rings (SSSR count). The highest BCUT2D eigenvalue weighted by Crippen LogP contribution is 2.08. The predicted octanol–water partition coefficient (Wildman–Crippen LogP) is 6.98. The first-order chi connectivity index (χ1) is 16.5. The Hall–Kier alpha value is -2.06. The van der Waals surface area contributed by atoms with E-state index in [2.05, 4.69) is 57.6 Å². The lowest BCUT2D eigenvalue weighted by atomic mass is 10.4. The molecule has 0 atom stereocenters. The van der Waals surface area contributed by atoms with Crippen molar-refractivity contribution in [1.82, 2.24) is 37.7 Å². The summed E-state index contributed by atoms with van der Waals surface area (Å²) in [5.74, 6) is 0.877. The number of aromatic nitrogens is 8. The molecular weight excluding hydrogens is 537 g/mol. The Morgan fingerprint density at radius 3 is 1.31 bits per heavy atom. The molecule has 5 heterocycles. The largest absolute Gasteiger partial charge is 0.250 e. The molecule has 0 saturated heterocycles. The Kier molecular flexibility index (Phi) is 14.7. The highest BCUT2D eigenvalue weighted by Gasteiger charge is 1.91. The summed E-state index contributed by atoms with van der Waals surface area (Å²) in [6.45, 7) is 19.8. The molecule has 13 heteroatoms. The van der Waals surface area contributed by atoms with E-state index in [0.29, 0.717) is 0 Å². The van der Waals surface area contributed by atoms with Crippen LogP contribution in [0.4, 0.5) is 0 Å². The van der Waals surface area contributed by atoms with E-state index >= 15 is 0 Å². The fraction of sp³-hybridized carbons (Fsp3) is 0.455. The Bertz CT molecular complexity index is 999. The van der Waals surface area contributed by atoms with Crippen molar-refractivity contribution in [1.29, 1.82) is 0 Å². The second-order valence-electron chi connectivity index (χ2n) is 7.20. The molecule has 0 aliphatic rings. The van der Waals surface area contributed by atoms with Crippen LogP contribution < -0.4 is 0 Å². The third-order valence-electron chi connectivity index (χ3n) is 3.62. The smallest absolute Gasteiger partial charge is 0.139 e. The zero-order valence-corrected chi connectivity index (χ0v) is 25.9. The normalized spacial score (nSPS) is 9.43. The third-order valence-corrected chi connectivity index (χ3v) is 7.41. The van der Waals surface area contributed by atoms with E-state index in [1.807, 2.05) is 61.6 Å². The molecule has 190 valence electrons. The fourth-order valence-corrected chi connectivity index (χ4v) is 4.89. The Morgan fingerprint density at radius 1 is 0.571 bits per heavy atom. The van der Waals surface area contributed by atoms with Gasteiger partial charge >= 0.3 is 0 Å². The van der Waals surface area contributed by atoms with E-state index in [1.54, 1.807) is 34.2 Å². The van der Waals surface area contributed by atoms with Gasteiger partial charge in [0.2, 0.25) is 0 Å². The Balaban J connectivity index is 0.000000219. The lowest BCUT2D eigenvalue weighted by Crippen LogP contribution is -1.71. The first kappa shape index (κ1) is 31.0. The molecule has 0 amide bonds. The standard InChI is InChI=1S/2C5H7NS.3C4H6N2S/c1-4-3-6-5(2)7-4;1-4-3-5(2)7-6-4;1-3-5-6-4(2)7-3;1-3-5-4(2)7-6-3;1-3-4(2)6-7-5-3/h2*3H,1-2H3;3*1-2H3. The van der Waals surface area contributed by atoms with Crippen LogP contribution in [0.25, 0.3) is 0 Å². The van der Waals surface area contributed by atoms with E-state index in [9.17, 15) is 0 Å². The minimum Gasteiger partial charge on any atom is -0.250 e. The molecule has 0 spiro atoms. The first-order valence-electron chi connectivity index (χ1n) is 10.5. The summed E-state index contributed by atoms with van der Waals surface area (Å²) in [6, 6.07) is 2.07. The van der Waals surface area contributed by atoms with E-state index in [0.717, 1.165) is 42.9 Å². The first-order valence-corrected chi connectivity index (χ1v) is 14.5. The quantitative estimate of drug-likeness (QED) is 0.197. The monoisotopic (exact) mass is 568 g/mol. The Morgan fingerprint density at radius 2 is 1.17 bits per heavy atom. The summed E-state index contributed by atoms with van der Waals surface area (Å²) in [4.78, 5) is 10.6. The molecule has 0 N–H and O–H groups in total. The van der Waals surface area contributed by atoms with Crippen LogP contribution in [0.3, 0.4) is 0 Å². The van der Waals surface area contributed by atoms with E-state index in [1.165, 1.54) is 33.0 Å². The third kappa shape index (κ3) is 14.8. The van der Waals surface area contributed by atoms with Gasteiger partial charge in [-0.25, -0.2) is 9.97 Å². The van der Waals surface area contributed by atoms with Crippen LogP contribution in [-0.4, -0.2) is 37.7 Å². The molecule has 5 aromatic heterocycles. The molecule has 0 radical (unpaired) electrons. The average Bonchev–Trinajstić information content (AvgIpc) is 3.60.